The molecule has 1 heterocycles. The van der Waals surface area contributed by atoms with Crippen LogP contribution < -0.4 is 10.5 Å². The molecule has 0 aromatic heterocycles. The molecule has 0 saturated carbocycles. The van der Waals surface area contributed by atoms with Crippen molar-refractivity contribution in [2.75, 3.05) is 6.54 Å². The zero-order valence-corrected chi connectivity index (χ0v) is 13.9. The van der Waals surface area contributed by atoms with Crippen LogP contribution in [0.4, 0.5) is 4.79 Å². The van der Waals surface area contributed by atoms with E-state index >= 15 is 0 Å². The minimum atomic E-state index is -3.74. The molecule has 0 saturated heterocycles. The fraction of sp³-hybridized carbons (Fsp3) is 0.235. The molecule has 7 heteroatoms. The van der Waals surface area contributed by atoms with E-state index in [9.17, 15) is 13.2 Å². The Morgan fingerprint density at radius 1 is 1.12 bits per heavy atom. The van der Waals surface area contributed by atoms with E-state index in [1.54, 1.807) is 17.0 Å². The summed E-state index contributed by atoms with van der Waals surface area (Å²) >= 11 is 0. The van der Waals surface area contributed by atoms with E-state index in [2.05, 4.69) is 5.32 Å². The number of nitrogens with two attached hydrogens (primary N) is 1. The SMILES string of the molecule is NS(=O)(=O)c1ccc2c(c1)CN(C(=O)NCc1ccccc1)CC2. The summed E-state index contributed by atoms with van der Waals surface area (Å²) in [7, 11) is -3.74. The van der Waals surface area contributed by atoms with Crippen molar-refractivity contribution in [2.45, 2.75) is 24.4 Å². The Balaban J connectivity index is 1.68. The first-order valence-corrected chi connectivity index (χ1v) is 9.19. The van der Waals surface area contributed by atoms with Crippen LogP contribution in [0, 0.1) is 0 Å². The molecular weight excluding hydrogens is 326 g/mol. The van der Waals surface area contributed by atoms with Gasteiger partial charge in [0.05, 0.1) is 4.90 Å². The van der Waals surface area contributed by atoms with E-state index in [1.807, 2.05) is 30.3 Å². The molecule has 0 aliphatic carbocycles. The van der Waals surface area contributed by atoms with E-state index in [1.165, 1.54) is 6.07 Å². The Morgan fingerprint density at radius 2 is 1.88 bits per heavy atom. The van der Waals surface area contributed by atoms with Crippen LogP contribution in [0.25, 0.3) is 0 Å². The molecule has 2 aromatic rings. The number of nitrogens with one attached hydrogen (secondary N) is 1. The molecule has 3 N–H and O–H groups in total. The van der Waals surface area contributed by atoms with Crippen molar-refractivity contribution in [1.82, 2.24) is 10.2 Å². The number of hydrogen-bond donors (Lipinski definition) is 2. The van der Waals surface area contributed by atoms with Crippen molar-refractivity contribution in [2.24, 2.45) is 5.14 Å². The van der Waals surface area contributed by atoms with Crippen molar-refractivity contribution >= 4 is 16.1 Å². The highest BCUT2D eigenvalue weighted by atomic mass is 32.2. The number of benzene rings is 2. The number of carbonyl (C=O) groups excluding carboxylic acids is 1. The van der Waals surface area contributed by atoms with E-state index in [0.29, 0.717) is 26.1 Å². The third-order valence-electron chi connectivity index (χ3n) is 4.09. The normalized spacial score (nSPS) is 14.1. The topological polar surface area (TPSA) is 92.5 Å². The minimum absolute atomic E-state index is 0.0767. The molecule has 0 bridgehead atoms. The lowest BCUT2D eigenvalue weighted by molar-refractivity contribution is 0.192. The lowest BCUT2D eigenvalue weighted by atomic mass is 10.0. The van der Waals surface area contributed by atoms with E-state index < -0.39 is 10.0 Å². The van der Waals surface area contributed by atoms with Gasteiger partial charge in [-0.15, -0.1) is 0 Å². The Hall–Kier alpha value is -2.38. The van der Waals surface area contributed by atoms with E-state index in [0.717, 1.165) is 16.7 Å². The van der Waals surface area contributed by atoms with Crippen LogP contribution in [0.1, 0.15) is 16.7 Å². The average Bonchev–Trinajstić information content (AvgIpc) is 2.59. The van der Waals surface area contributed by atoms with Gasteiger partial charge in [-0.2, -0.15) is 0 Å². The number of fused-ring (bicyclic) bond motifs is 1. The zero-order chi connectivity index (χ0) is 17.2. The van der Waals surface area contributed by atoms with Crippen LogP contribution in [0.5, 0.6) is 0 Å². The van der Waals surface area contributed by atoms with Crippen molar-refractivity contribution in [1.29, 1.82) is 0 Å². The predicted octanol–water partition coefficient (Wildman–Crippen LogP) is 1.60. The van der Waals surface area contributed by atoms with Gasteiger partial charge in [0.1, 0.15) is 0 Å². The summed E-state index contributed by atoms with van der Waals surface area (Å²) in [6.45, 7) is 1.43. The van der Waals surface area contributed by atoms with Gasteiger partial charge < -0.3 is 10.2 Å². The predicted molar refractivity (Wildman–Crippen MR) is 90.6 cm³/mol. The maximum atomic E-state index is 12.3. The fourth-order valence-electron chi connectivity index (χ4n) is 2.77. The van der Waals surface area contributed by atoms with Crippen molar-refractivity contribution in [3.63, 3.8) is 0 Å². The van der Waals surface area contributed by atoms with Gasteiger partial charge in [-0.25, -0.2) is 18.4 Å². The fourth-order valence-corrected chi connectivity index (χ4v) is 3.33. The van der Waals surface area contributed by atoms with Gasteiger partial charge in [0.25, 0.3) is 0 Å². The number of sulfonamides is 1. The summed E-state index contributed by atoms with van der Waals surface area (Å²) in [5.41, 5.74) is 2.90. The van der Waals surface area contributed by atoms with Gasteiger partial charge in [-0.3, -0.25) is 0 Å². The molecule has 126 valence electrons. The summed E-state index contributed by atoms with van der Waals surface area (Å²) in [6.07, 6.45) is 0.693. The monoisotopic (exact) mass is 345 g/mol. The second-order valence-corrected chi connectivity index (χ2v) is 7.35. The standard InChI is InChI=1S/C17H19N3O3S/c18-24(22,23)16-7-6-14-8-9-20(12-15(14)10-16)17(21)19-11-13-4-2-1-3-5-13/h1-7,10H,8-9,11-12H2,(H,19,21)(H2,18,22,23). The Kier molecular flexibility index (Phi) is 4.55. The number of nitrogens with zero attached hydrogens (tertiary/aromatic N) is 1. The molecule has 1 aliphatic rings. The largest absolute Gasteiger partial charge is 0.334 e. The summed E-state index contributed by atoms with van der Waals surface area (Å²) in [6, 6.07) is 14.4. The smallest absolute Gasteiger partial charge is 0.317 e. The molecule has 1 aliphatic heterocycles. The van der Waals surface area contributed by atoms with Crippen LogP contribution in [-0.4, -0.2) is 25.9 Å². The second kappa shape index (κ2) is 6.62. The van der Waals surface area contributed by atoms with Crippen molar-refractivity contribution in [3.8, 4) is 0 Å². The number of hydrogen-bond acceptors (Lipinski definition) is 3. The second-order valence-electron chi connectivity index (χ2n) is 5.79. The number of urea groups is 1. The maximum Gasteiger partial charge on any atom is 0.317 e. The first-order valence-electron chi connectivity index (χ1n) is 7.65. The van der Waals surface area contributed by atoms with Crippen LogP contribution in [0.3, 0.4) is 0 Å². The Morgan fingerprint density at radius 3 is 2.58 bits per heavy atom. The summed E-state index contributed by atoms with van der Waals surface area (Å²) < 4.78 is 23.0. The van der Waals surface area contributed by atoms with Crippen molar-refractivity contribution < 1.29 is 13.2 Å². The Bertz CT molecular complexity index is 851. The average molecular weight is 345 g/mol. The molecule has 6 nitrogen and oxygen atoms in total. The third-order valence-corrected chi connectivity index (χ3v) is 5.00. The first-order chi connectivity index (χ1) is 11.4. The molecule has 0 unspecified atom stereocenters. The molecule has 0 atom stereocenters. The first kappa shape index (κ1) is 16.5. The van der Waals surface area contributed by atoms with Crippen LogP contribution in [-0.2, 0) is 29.5 Å². The molecule has 0 fully saturated rings. The molecule has 0 spiro atoms. The van der Waals surface area contributed by atoms with Gasteiger partial charge >= 0.3 is 6.03 Å². The highest BCUT2D eigenvalue weighted by Gasteiger charge is 2.22. The highest BCUT2D eigenvalue weighted by molar-refractivity contribution is 7.89. The summed E-state index contributed by atoms with van der Waals surface area (Å²) in [5.74, 6) is 0. The van der Waals surface area contributed by atoms with Gasteiger partial charge in [0.2, 0.25) is 10.0 Å². The third kappa shape index (κ3) is 3.74. The Labute approximate surface area is 141 Å². The number of amides is 2. The van der Waals surface area contributed by atoms with E-state index in [4.69, 9.17) is 5.14 Å². The molecule has 0 radical (unpaired) electrons. The minimum Gasteiger partial charge on any atom is -0.334 e. The molecule has 2 amide bonds. The van der Waals surface area contributed by atoms with Crippen LogP contribution in [0.2, 0.25) is 0 Å². The highest BCUT2D eigenvalue weighted by Crippen LogP contribution is 2.22. The molecule has 3 rings (SSSR count). The summed E-state index contributed by atoms with van der Waals surface area (Å²) in [5, 5.41) is 8.06. The number of rotatable bonds is 3. The molecule has 24 heavy (non-hydrogen) atoms. The maximum absolute atomic E-state index is 12.3. The van der Waals surface area contributed by atoms with Gasteiger partial charge in [0, 0.05) is 19.6 Å². The lowest BCUT2D eigenvalue weighted by Gasteiger charge is -2.29. The summed E-state index contributed by atoms with van der Waals surface area (Å²) in [4.78, 5) is 14.1. The van der Waals surface area contributed by atoms with Crippen LogP contribution in [0.15, 0.2) is 53.4 Å². The molecule has 2 aromatic carbocycles. The molecular formula is C17H19N3O3S. The quantitative estimate of drug-likeness (QED) is 0.885. The van der Waals surface area contributed by atoms with Gasteiger partial charge in [-0.05, 0) is 35.2 Å². The zero-order valence-electron chi connectivity index (χ0n) is 13.1. The number of primary sulfonamides is 1. The number of carbonyl (C=O) groups is 1. The van der Waals surface area contributed by atoms with Crippen LogP contribution >= 0.6 is 0 Å². The van der Waals surface area contributed by atoms with Gasteiger partial charge in [0.15, 0.2) is 0 Å². The van der Waals surface area contributed by atoms with Gasteiger partial charge in [-0.1, -0.05) is 36.4 Å². The van der Waals surface area contributed by atoms with E-state index in [-0.39, 0.29) is 10.9 Å². The van der Waals surface area contributed by atoms with Crippen molar-refractivity contribution in [3.05, 3.63) is 65.2 Å². The lowest BCUT2D eigenvalue weighted by Crippen LogP contribution is -2.42.